The fourth-order valence-corrected chi connectivity index (χ4v) is 1.67. The number of nitrogens with two attached hydrogens (primary N) is 1. The zero-order valence-corrected chi connectivity index (χ0v) is 12.0. The summed E-state index contributed by atoms with van der Waals surface area (Å²) in [6.45, 7) is 9.69. The third-order valence-electron chi connectivity index (χ3n) is 2.65. The number of carbonyl (C=O) groups excluding carboxylic acids is 1. The lowest BCUT2D eigenvalue weighted by molar-refractivity contribution is 0.0527. The maximum Gasteiger partial charge on any atom is 0.341 e. The molecule has 6 heteroatoms. The molecule has 0 saturated heterocycles. The topological polar surface area (TPSA) is 82.5 Å². The molecule has 19 heavy (non-hydrogen) atoms. The van der Waals surface area contributed by atoms with Crippen LogP contribution in [0.4, 0.5) is 5.69 Å². The molecular formula is C13H20N4O2. The lowest BCUT2D eigenvalue weighted by Gasteiger charge is -2.09. The van der Waals surface area contributed by atoms with Crippen LogP contribution in [0.3, 0.4) is 0 Å². The zero-order valence-electron chi connectivity index (χ0n) is 12.0. The molecule has 0 saturated carbocycles. The number of rotatable bonds is 2. The third-order valence-corrected chi connectivity index (χ3v) is 2.65. The third kappa shape index (κ3) is 2.67. The molecule has 104 valence electrons. The molecule has 0 amide bonds. The highest BCUT2D eigenvalue weighted by atomic mass is 16.5. The van der Waals surface area contributed by atoms with E-state index < -0.39 is 5.97 Å². The Morgan fingerprint density at radius 1 is 1.37 bits per heavy atom. The van der Waals surface area contributed by atoms with E-state index in [0.717, 1.165) is 5.56 Å². The van der Waals surface area contributed by atoms with Crippen molar-refractivity contribution in [3.05, 3.63) is 23.1 Å². The summed E-state index contributed by atoms with van der Waals surface area (Å²) in [6, 6.07) is 0. The predicted octanol–water partition coefficient (Wildman–Crippen LogP) is 2.13. The summed E-state index contributed by atoms with van der Waals surface area (Å²) in [4.78, 5) is 11.7. The molecule has 0 radical (unpaired) electrons. The van der Waals surface area contributed by atoms with Gasteiger partial charge in [0.05, 0.1) is 17.9 Å². The summed E-state index contributed by atoms with van der Waals surface area (Å²) in [7, 11) is 0. The number of nitrogen functional groups attached to an aromatic ring is 1. The fraction of sp³-hybridized carbons (Fsp3) is 0.462. The standard InChI is InChI=1S/C11H14N4O2.C2H6/c1-4-17-11(16)8-5-15-7(3)13-14-10(15)6(2)9(8)12;1-2/h5H,4,12H2,1-3H3;1-2H3. The maximum atomic E-state index is 11.7. The molecular weight excluding hydrogens is 244 g/mol. The number of esters is 1. The van der Waals surface area contributed by atoms with Crippen LogP contribution in [0, 0.1) is 13.8 Å². The van der Waals surface area contributed by atoms with Crippen molar-refractivity contribution >= 4 is 17.3 Å². The summed E-state index contributed by atoms with van der Waals surface area (Å²) in [6.07, 6.45) is 1.62. The van der Waals surface area contributed by atoms with Gasteiger partial charge in [-0.25, -0.2) is 4.79 Å². The summed E-state index contributed by atoms with van der Waals surface area (Å²) in [5.41, 5.74) is 8.04. The predicted molar refractivity (Wildman–Crippen MR) is 74.2 cm³/mol. The maximum absolute atomic E-state index is 11.7. The number of fused-ring (bicyclic) bond motifs is 1. The van der Waals surface area contributed by atoms with Crippen LogP contribution in [0.15, 0.2) is 6.20 Å². The Morgan fingerprint density at radius 3 is 2.58 bits per heavy atom. The number of aromatic nitrogens is 3. The van der Waals surface area contributed by atoms with E-state index in [-0.39, 0.29) is 0 Å². The van der Waals surface area contributed by atoms with Gasteiger partial charge in [-0.15, -0.1) is 10.2 Å². The molecule has 0 aliphatic carbocycles. The highest BCUT2D eigenvalue weighted by Crippen LogP contribution is 2.22. The lowest BCUT2D eigenvalue weighted by atomic mass is 10.1. The second kappa shape index (κ2) is 6.17. The Labute approximate surface area is 112 Å². The van der Waals surface area contributed by atoms with E-state index in [0.29, 0.717) is 29.3 Å². The van der Waals surface area contributed by atoms with Crippen LogP contribution in [0.1, 0.15) is 42.5 Å². The Balaban J connectivity index is 0.000000861. The molecule has 2 aromatic heterocycles. The summed E-state index contributed by atoms with van der Waals surface area (Å²) in [5, 5.41) is 7.96. The van der Waals surface area contributed by atoms with Gasteiger partial charge in [-0.1, -0.05) is 13.8 Å². The molecule has 0 bridgehead atoms. The molecule has 2 N–H and O–H groups in total. The lowest BCUT2D eigenvalue weighted by Crippen LogP contribution is -2.11. The molecule has 0 fully saturated rings. The first-order valence-electron chi connectivity index (χ1n) is 6.33. The number of aryl methyl sites for hydroxylation is 2. The van der Waals surface area contributed by atoms with Crippen LogP contribution >= 0.6 is 0 Å². The minimum Gasteiger partial charge on any atom is -0.462 e. The van der Waals surface area contributed by atoms with Gasteiger partial charge in [0.1, 0.15) is 5.82 Å². The van der Waals surface area contributed by atoms with E-state index in [1.807, 2.05) is 27.7 Å². The van der Waals surface area contributed by atoms with Crippen LogP contribution in [0.5, 0.6) is 0 Å². The van der Waals surface area contributed by atoms with Crippen LogP contribution < -0.4 is 5.73 Å². The number of nitrogens with zero attached hydrogens (tertiary/aromatic N) is 3. The number of hydrogen-bond acceptors (Lipinski definition) is 5. The normalized spacial score (nSPS) is 9.95. The second-order valence-corrected chi connectivity index (χ2v) is 3.74. The van der Waals surface area contributed by atoms with Gasteiger partial charge < -0.3 is 10.5 Å². The van der Waals surface area contributed by atoms with Crippen molar-refractivity contribution in [2.24, 2.45) is 0 Å². The molecule has 0 spiro atoms. The van der Waals surface area contributed by atoms with Gasteiger partial charge in [0.2, 0.25) is 0 Å². The molecule has 6 nitrogen and oxygen atoms in total. The van der Waals surface area contributed by atoms with Gasteiger partial charge in [0.15, 0.2) is 5.65 Å². The van der Waals surface area contributed by atoms with Crippen molar-refractivity contribution in [3.63, 3.8) is 0 Å². The molecule has 0 atom stereocenters. The van der Waals surface area contributed by atoms with Crippen LogP contribution in [-0.4, -0.2) is 27.2 Å². The SMILES string of the molecule is CC.CCOC(=O)c1cn2c(C)nnc2c(C)c1N. The Morgan fingerprint density at radius 2 is 2.00 bits per heavy atom. The Bertz CT molecular complexity index is 590. The quantitative estimate of drug-likeness (QED) is 0.840. The minimum absolute atomic E-state index is 0.316. The van der Waals surface area contributed by atoms with Crippen molar-refractivity contribution in [1.82, 2.24) is 14.6 Å². The number of anilines is 1. The van der Waals surface area contributed by atoms with Crippen LogP contribution in [0.2, 0.25) is 0 Å². The van der Waals surface area contributed by atoms with Crippen molar-refractivity contribution in [3.8, 4) is 0 Å². The average Bonchev–Trinajstić information content (AvgIpc) is 2.78. The van der Waals surface area contributed by atoms with E-state index in [4.69, 9.17) is 10.5 Å². The molecule has 2 rings (SSSR count). The van der Waals surface area contributed by atoms with E-state index in [2.05, 4.69) is 10.2 Å². The van der Waals surface area contributed by atoms with Crippen molar-refractivity contribution in [2.45, 2.75) is 34.6 Å². The first-order valence-corrected chi connectivity index (χ1v) is 6.33. The van der Waals surface area contributed by atoms with E-state index >= 15 is 0 Å². The van der Waals surface area contributed by atoms with E-state index in [1.54, 1.807) is 17.5 Å². The fourth-order valence-electron chi connectivity index (χ4n) is 1.67. The van der Waals surface area contributed by atoms with E-state index in [9.17, 15) is 4.79 Å². The van der Waals surface area contributed by atoms with Gasteiger partial charge in [0.25, 0.3) is 0 Å². The van der Waals surface area contributed by atoms with Gasteiger partial charge in [-0.3, -0.25) is 4.40 Å². The summed E-state index contributed by atoms with van der Waals surface area (Å²) >= 11 is 0. The highest BCUT2D eigenvalue weighted by Gasteiger charge is 2.17. The largest absolute Gasteiger partial charge is 0.462 e. The van der Waals surface area contributed by atoms with Gasteiger partial charge in [-0.2, -0.15) is 0 Å². The van der Waals surface area contributed by atoms with Gasteiger partial charge >= 0.3 is 5.97 Å². The van der Waals surface area contributed by atoms with Gasteiger partial charge in [-0.05, 0) is 20.8 Å². The second-order valence-electron chi connectivity index (χ2n) is 3.74. The first kappa shape index (κ1) is 14.9. The average molecular weight is 264 g/mol. The number of hydrogen-bond donors (Lipinski definition) is 1. The van der Waals surface area contributed by atoms with Crippen LogP contribution in [0.25, 0.3) is 5.65 Å². The molecule has 2 aromatic rings. The number of carbonyl (C=O) groups is 1. The monoisotopic (exact) mass is 264 g/mol. The first-order chi connectivity index (χ1) is 9.06. The zero-order chi connectivity index (χ0) is 14.6. The van der Waals surface area contributed by atoms with Crippen molar-refractivity contribution < 1.29 is 9.53 Å². The number of pyridine rings is 1. The van der Waals surface area contributed by atoms with Crippen LogP contribution in [-0.2, 0) is 4.74 Å². The molecule has 0 unspecified atom stereocenters. The Kier molecular flexibility index (Phi) is 4.86. The van der Waals surface area contributed by atoms with Crippen molar-refractivity contribution in [1.29, 1.82) is 0 Å². The number of ether oxygens (including phenoxy) is 1. The Hall–Kier alpha value is -2.11. The molecule has 2 heterocycles. The highest BCUT2D eigenvalue weighted by molar-refractivity contribution is 5.96. The molecule has 0 aliphatic rings. The molecule has 0 aliphatic heterocycles. The molecule has 0 aromatic carbocycles. The summed E-state index contributed by atoms with van der Waals surface area (Å²) in [5.74, 6) is 0.275. The summed E-state index contributed by atoms with van der Waals surface area (Å²) < 4.78 is 6.69. The van der Waals surface area contributed by atoms with Crippen molar-refractivity contribution in [2.75, 3.05) is 12.3 Å². The minimum atomic E-state index is -0.428. The van der Waals surface area contributed by atoms with E-state index in [1.165, 1.54) is 0 Å². The van der Waals surface area contributed by atoms with Gasteiger partial charge in [0, 0.05) is 11.8 Å². The smallest absolute Gasteiger partial charge is 0.341 e.